The van der Waals surface area contributed by atoms with Gasteiger partial charge in [-0.25, -0.2) is 9.97 Å². The molecule has 0 aliphatic carbocycles. The van der Waals surface area contributed by atoms with E-state index in [1.807, 2.05) is 48.5 Å². The third-order valence-corrected chi connectivity index (χ3v) is 3.94. The van der Waals surface area contributed by atoms with Crippen molar-refractivity contribution in [3.05, 3.63) is 66.4 Å². The Morgan fingerprint density at radius 1 is 0.870 bits per heavy atom. The first kappa shape index (κ1) is 12.3. The number of imidazole rings is 1. The van der Waals surface area contributed by atoms with Gasteiger partial charge in [-0.1, -0.05) is 30.3 Å². The van der Waals surface area contributed by atoms with Gasteiger partial charge in [-0.3, -0.25) is 4.98 Å². The third-order valence-electron chi connectivity index (χ3n) is 3.94. The first-order valence-corrected chi connectivity index (χ1v) is 7.43. The number of hydrogen-bond donors (Lipinski definition) is 1. The van der Waals surface area contributed by atoms with Gasteiger partial charge in [-0.15, -0.1) is 0 Å². The maximum atomic E-state index is 5.77. The van der Waals surface area contributed by atoms with E-state index in [2.05, 4.69) is 19.9 Å². The summed E-state index contributed by atoms with van der Waals surface area (Å²) in [6, 6.07) is 15.8. The molecule has 0 aliphatic rings. The van der Waals surface area contributed by atoms with Crippen LogP contribution in [0, 0.1) is 0 Å². The van der Waals surface area contributed by atoms with E-state index < -0.39 is 0 Å². The first-order chi connectivity index (χ1) is 11.4. The molecule has 2 aromatic carbocycles. The highest BCUT2D eigenvalue weighted by atomic mass is 16.3. The van der Waals surface area contributed by atoms with E-state index in [0.29, 0.717) is 12.3 Å². The Hall–Kier alpha value is -3.21. The average molecular weight is 300 g/mol. The van der Waals surface area contributed by atoms with Crippen molar-refractivity contribution in [1.29, 1.82) is 0 Å². The van der Waals surface area contributed by atoms with Crippen molar-refractivity contribution in [2.24, 2.45) is 0 Å². The van der Waals surface area contributed by atoms with Crippen LogP contribution in [0.15, 0.2) is 59.1 Å². The number of oxazole rings is 1. The highest BCUT2D eigenvalue weighted by Gasteiger charge is 2.11. The van der Waals surface area contributed by atoms with E-state index in [-0.39, 0.29) is 0 Å². The summed E-state index contributed by atoms with van der Waals surface area (Å²) in [4.78, 5) is 16.9. The Labute approximate surface area is 131 Å². The minimum atomic E-state index is 0.525. The van der Waals surface area contributed by atoms with Gasteiger partial charge in [0.25, 0.3) is 0 Å². The van der Waals surface area contributed by atoms with E-state index >= 15 is 0 Å². The number of pyridine rings is 1. The second-order valence-corrected chi connectivity index (χ2v) is 5.47. The van der Waals surface area contributed by atoms with Gasteiger partial charge in [0, 0.05) is 5.39 Å². The van der Waals surface area contributed by atoms with Gasteiger partial charge in [0.05, 0.1) is 23.7 Å². The van der Waals surface area contributed by atoms with Crippen molar-refractivity contribution < 1.29 is 4.42 Å². The number of nitrogens with zero attached hydrogens (tertiary/aromatic N) is 3. The number of fused-ring (bicyclic) bond motifs is 4. The van der Waals surface area contributed by atoms with Crippen LogP contribution in [-0.2, 0) is 6.42 Å². The molecule has 110 valence electrons. The molecular formula is C18H12N4O. The highest BCUT2D eigenvalue weighted by molar-refractivity contribution is 6.01. The Morgan fingerprint density at radius 3 is 2.61 bits per heavy atom. The quantitative estimate of drug-likeness (QED) is 0.538. The third kappa shape index (κ3) is 1.97. The molecule has 0 bridgehead atoms. The number of hydrogen-bond acceptors (Lipinski definition) is 4. The van der Waals surface area contributed by atoms with Crippen molar-refractivity contribution in [2.75, 3.05) is 0 Å². The van der Waals surface area contributed by atoms with E-state index in [1.54, 1.807) is 6.20 Å². The fourth-order valence-corrected chi connectivity index (χ4v) is 2.89. The minimum absolute atomic E-state index is 0.525. The summed E-state index contributed by atoms with van der Waals surface area (Å²) in [5, 5.41) is 1.07. The summed E-state index contributed by atoms with van der Waals surface area (Å²) in [5.74, 6) is 1.48. The van der Waals surface area contributed by atoms with Crippen molar-refractivity contribution in [1.82, 2.24) is 19.9 Å². The van der Waals surface area contributed by atoms with Crippen LogP contribution < -0.4 is 0 Å². The fourth-order valence-electron chi connectivity index (χ4n) is 2.89. The highest BCUT2D eigenvalue weighted by Crippen LogP contribution is 2.23. The summed E-state index contributed by atoms with van der Waals surface area (Å²) in [6.45, 7) is 0. The number of aromatic nitrogens is 4. The largest absolute Gasteiger partial charge is 0.440 e. The molecule has 3 heterocycles. The summed E-state index contributed by atoms with van der Waals surface area (Å²) in [5.41, 5.74) is 4.48. The molecule has 0 amide bonds. The summed E-state index contributed by atoms with van der Waals surface area (Å²) < 4.78 is 5.77. The maximum Gasteiger partial charge on any atom is 0.203 e. The molecule has 5 rings (SSSR count). The van der Waals surface area contributed by atoms with Crippen LogP contribution >= 0.6 is 0 Å². The lowest BCUT2D eigenvalue weighted by Gasteiger charge is -1.96. The predicted molar refractivity (Wildman–Crippen MR) is 88.2 cm³/mol. The molecule has 1 N–H and O–H groups in total. The topological polar surface area (TPSA) is 67.6 Å². The van der Waals surface area contributed by atoms with Gasteiger partial charge in [-0.2, -0.15) is 0 Å². The first-order valence-electron chi connectivity index (χ1n) is 7.43. The number of H-pyrrole nitrogens is 1. The van der Waals surface area contributed by atoms with Crippen LogP contribution in [0.1, 0.15) is 11.7 Å². The summed E-state index contributed by atoms with van der Waals surface area (Å²) >= 11 is 0. The molecule has 3 aromatic heterocycles. The fraction of sp³-hybridized carbons (Fsp3) is 0.0556. The van der Waals surface area contributed by atoms with Gasteiger partial charge >= 0.3 is 0 Å². The monoisotopic (exact) mass is 300 g/mol. The number of rotatable bonds is 2. The molecule has 5 aromatic rings. The number of para-hydroxylation sites is 3. The van der Waals surface area contributed by atoms with E-state index in [9.17, 15) is 0 Å². The van der Waals surface area contributed by atoms with Crippen LogP contribution in [0.25, 0.3) is 33.0 Å². The lowest BCUT2D eigenvalue weighted by atomic mass is 10.2. The zero-order chi connectivity index (χ0) is 15.2. The number of benzene rings is 2. The van der Waals surface area contributed by atoms with Crippen molar-refractivity contribution in [2.45, 2.75) is 6.42 Å². The molecule has 0 aliphatic heterocycles. The second-order valence-electron chi connectivity index (χ2n) is 5.47. The number of aromatic amines is 1. The SMILES string of the molecule is c1ccc2oc(Cc3nc4cnc5ccccc5c4[nH]3)nc2c1. The van der Waals surface area contributed by atoms with E-state index in [0.717, 1.165) is 38.9 Å². The Morgan fingerprint density at radius 2 is 1.70 bits per heavy atom. The van der Waals surface area contributed by atoms with Gasteiger partial charge in [0.2, 0.25) is 5.89 Å². The van der Waals surface area contributed by atoms with Gasteiger partial charge in [0.15, 0.2) is 5.58 Å². The van der Waals surface area contributed by atoms with Crippen LogP contribution in [-0.4, -0.2) is 19.9 Å². The van der Waals surface area contributed by atoms with Gasteiger partial charge in [0.1, 0.15) is 16.9 Å². The molecule has 0 saturated carbocycles. The van der Waals surface area contributed by atoms with Gasteiger partial charge in [-0.05, 0) is 18.2 Å². The molecule has 0 radical (unpaired) electrons. The molecule has 0 unspecified atom stereocenters. The smallest absolute Gasteiger partial charge is 0.203 e. The predicted octanol–water partition coefficient (Wildman–Crippen LogP) is 3.84. The molecule has 23 heavy (non-hydrogen) atoms. The Kier molecular flexibility index (Phi) is 2.49. The van der Waals surface area contributed by atoms with Crippen LogP contribution in [0.2, 0.25) is 0 Å². The van der Waals surface area contributed by atoms with Gasteiger partial charge < -0.3 is 9.40 Å². The zero-order valence-electron chi connectivity index (χ0n) is 12.2. The zero-order valence-corrected chi connectivity index (χ0v) is 12.2. The second kappa shape index (κ2) is 4.64. The molecule has 0 atom stereocenters. The van der Waals surface area contributed by atoms with Crippen LogP contribution in [0.5, 0.6) is 0 Å². The average Bonchev–Trinajstić information content (AvgIpc) is 3.17. The van der Waals surface area contributed by atoms with Crippen molar-refractivity contribution in [3.8, 4) is 0 Å². The maximum absolute atomic E-state index is 5.77. The standard InChI is InChI=1S/C18H12N4O/c1-2-6-12-11(5-1)18-14(10-19-12)20-16(22-18)9-17-21-13-7-3-4-8-15(13)23-17/h1-8,10H,9H2,(H,20,22). The summed E-state index contributed by atoms with van der Waals surface area (Å²) in [6.07, 6.45) is 2.32. The van der Waals surface area contributed by atoms with E-state index in [4.69, 9.17) is 4.42 Å². The lowest BCUT2D eigenvalue weighted by Crippen LogP contribution is -1.90. The van der Waals surface area contributed by atoms with Crippen LogP contribution in [0.3, 0.4) is 0 Å². The molecular weight excluding hydrogens is 288 g/mol. The molecule has 5 heteroatoms. The Balaban J connectivity index is 1.61. The minimum Gasteiger partial charge on any atom is -0.440 e. The molecule has 0 fully saturated rings. The van der Waals surface area contributed by atoms with Crippen molar-refractivity contribution >= 4 is 33.0 Å². The molecule has 0 saturated heterocycles. The van der Waals surface area contributed by atoms with E-state index in [1.165, 1.54) is 0 Å². The lowest BCUT2D eigenvalue weighted by molar-refractivity contribution is 0.540. The number of nitrogens with one attached hydrogen (secondary N) is 1. The summed E-state index contributed by atoms with van der Waals surface area (Å²) in [7, 11) is 0. The molecule has 5 nitrogen and oxygen atoms in total. The Bertz CT molecular complexity index is 1120. The normalized spacial score (nSPS) is 11.7. The van der Waals surface area contributed by atoms with Crippen molar-refractivity contribution in [3.63, 3.8) is 0 Å². The molecule has 0 spiro atoms. The van der Waals surface area contributed by atoms with Crippen LogP contribution in [0.4, 0.5) is 0 Å².